The van der Waals surface area contributed by atoms with E-state index in [1.54, 1.807) is 5.57 Å². The minimum atomic E-state index is 0.281. The molecule has 0 aromatic carbocycles. The van der Waals surface area contributed by atoms with Gasteiger partial charge in [-0.15, -0.1) is 0 Å². The van der Waals surface area contributed by atoms with Gasteiger partial charge in [-0.1, -0.05) is 30.9 Å². The average molecular weight is 249 g/mol. The molecule has 2 heterocycles. The van der Waals surface area contributed by atoms with E-state index in [9.17, 15) is 0 Å². The summed E-state index contributed by atoms with van der Waals surface area (Å²) in [4.78, 5) is 0. The van der Waals surface area contributed by atoms with Crippen LogP contribution in [0.2, 0.25) is 0 Å². The molecule has 0 aromatic heterocycles. The van der Waals surface area contributed by atoms with E-state index >= 15 is 0 Å². The van der Waals surface area contributed by atoms with Crippen LogP contribution in [0.5, 0.6) is 0 Å². The Morgan fingerprint density at radius 2 is 1.89 bits per heavy atom. The topological polar surface area (TPSA) is 21.3 Å². The molecule has 0 bridgehead atoms. The first-order chi connectivity index (χ1) is 8.86. The molecule has 0 radical (unpaired) electrons. The Bertz CT molecular complexity index is 294. The van der Waals surface area contributed by atoms with Crippen LogP contribution in [0.1, 0.15) is 64.2 Å². The van der Waals surface area contributed by atoms with Crippen molar-refractivity contribution in [2.75, 3.05) is 13.1 Å². The fourth-order valence-electron chi connectivity index (χ4n) is 3.89. The minimum Gasteiger partial charge on any atom is -0.368 e. The van der Waals surface area contributed by atoms with Crippen molar-refractivity contribution in [3.8, 4) is 0 Å². The van der Waals surface area contributed by atoms with Gasteiger partial charge in [-0.25, -0.2) is 0 Å². The summed E-state index contributed by atoms with van der Waals surface area (Å²) in [6.45, 7) is 2.34. The lowest BCUT2D eigenvalue weighted by molar-refractivity contribution is -0.0483. The molecule has 1 spiro atoms. The second kappa shape index (κ2) is 5.75. The first-order valence-electron chi connectivity index (χ1n) is 7.94. The largest absolute Gasteiger partial charge is 0.368 e. The van der Waals surface area contributed by atoms with Crippen molar-refractivity contribution in [2.24, 2.45) is 0 Å². The second-order valence-corrected chi connectivity index (χ2v) is 6.37. The summed E-state index contributed by atoms with van der Waals surface area (Å²) in [6, 6.07) is 0. The lowest BCUT2D eigenvalue weighted by Crippen LogP contribution is -2.31. The Kier molecular flexibility index (Phi) is 4.05. The summed E-state index contributed by atoms with van der Waals surface area (Å²) in [5.74, 6) is 0. The Labute approximate surface area is 111 Å². The molecule has 0 aromatic rings. The van der Waals surface area contributed by atoms with Crippen LogP contribution in [0.3, 0.4) is 0 Å². The van der Waals surface area contributed by atoms with Crippen molar-refractivity contribution in [2.45, 2.75) is 75.9 Å². The Morgan fingerprint density at radius 1 is 1.00 bits per heavy atom. The number of ether oxygens (including phenoxy) is 1. The highest BCUT2D eigenvalue weighted by atomic mass is 16.5. The van der Waals surface area contributed by atoms with Crippen LogP contribution in [-0.2, 0) is 4.74 Å². The highest BCUT2D eigenvalue weighted by Gasteiger charge is 2.40. The maximum Gasteiger partial charge on any atom is 0.0767 e. The number of hydrogen-bond donors (Lipinski definition) is 1. The highest BCUT2D eigenvalue weighted by molar-refractivity contribution is 5.09. The quantitative estimate of drug-likeness (QED) is 0.717. The van der Waals surface area contributed by atoms with Gasteiger partial charge < -0.3 is 10.1 Å². The molecule has 3 rings (SSSR count). The molecule has 2 aliphatic heterocycles. The van der Waals surface area contributed by atoms with Crippen molar-refractivity contribution >= 4 is 0 Å². The number of hydrogen-bond acceptors (Lipinski definition) is 2. The third kappa shape index (κ3) is 2.97. The molecule has 2 heteroatoms. The van der Waals surface area contributed by atoms with Gasteiger partial charge in [-0.05, 0) is 58.0 Å². The van der Waals surface area contributed by atoms with E-state index in [0.717, 1.165) is 6.54 Å². The van der Waals surface area contributed by atoms with E-state index in [1.165, 1.54) is 70.8 Å². The molecule has 1 saturated carbocycles. The van der Waals surface area contributed by atoms with Gasteiger partial charge in [-0.3, -0.25) is 0 Å². The predicted molar refractivity (Wildman–Crippen MR) is 74.7 cm³/mol. The van der Waals surface area contributed by atoms with Gasteiger partial charge in [0.2, 0.25) is 0 Å². The smallest absolute Gasteiger partial charge is 0.0767 e. The molecule has 3 fully saturated rings. The summed E-state index contributed by atoms with van der Waals surface area (Å²) in [5, 5.41) is 3.48. The van der Waals surface area contributed by atoms with Crippen molar-refractivity contribution in [1.29, 1.82) is 0 Å². The van der Waals surface area contributed by atoms with Gasteiger partial charge in [0.05, 0.1) is 11.7 Å². The fourth-order valence-corrected chi connectivity index (χ4v) is 3.89. The van der Waals surface area contributed by atoms with Crippen LogP contribution in [0.25, 0.3) is 0 Å². The van der Waals surface area contributed by atoms with Gasteiger partial charge in [0.1, 0.15) is 0 Å². The Hall–Kier alpha value is -0.340. The third-order valence-electron chi connectivity index (χ3n) is 4.95. The summed E-state index contributed by atoms with van der Waals surface area (Å²) >= 11 is 0. The van der Waals surface area contributed by atoms with E-state index in [4.69, 9.17) is 4.74 Å². The molecule has 1 unspecified atom stereocenters. The van der Waals surface area contributed by atoms with Crippen LogP contribution < -0.4 is 5.32 Å². The minimum absolute atomic E-state index is 0.281. The van der Waals surface area contributed by atoms with Gasteiger partial charge in [-0.2, -0.15) is 0 Å². The van der Waals surface area contributed by atoms with Crippen molar-refractivity contribution < 1.29 is 4.74 Å². The van der Waals surface area contributed by atoms with Crippen molar-refractivity contribution in [1.82, 2.24) is 5.32 Å². The molecule has 1 aliphatic carbocycles. The standard InChI is InChI=1S/C16H27NO/c1-2-8-16(9-3-1)10-6-15(18-16)13-14-5-4-11-17-12-7-14/h13,15,17H,1-12H2/b14-13-. The zero-order valence-corrected chi connectivity index (χ0v) is 11.5. The highest BCUT2D eigenvalue weighted by Crippen LogP contribution is 2.42. The number of nitrogens with one attached hydrogen (secondary N) is 1. The van der Waals surface area contributed by atoms with Crippen LogP contribution in [0.15, 0.2) is 11.6 Å². The Balaban J connectivity index is 1.59. The maximum absolute atomic E-state index is 6.44. The second-order valence-electron chi connectivity index (χ2n) is 6.37. The zero-order chi connectivity index (χ0) is 12.3. The predicted octanol–water partition coefficient (Wildman–Crippen LogP) is 3.57. The maximum atomic E-state index is 6.44. The molecular weight excluding hydrogens is 222 g/mol. The van der Waals surface area contributed by atoms with Crippen molar-refractivity contribution in [3.63, 3.8) is 0 Å². The molecule has 1 N–H and O–H groups in total. The normalized spacial score (nSPS) is 34.9. The van der Waals surface area contributed by atoms with Crippen LogP contribution in [-0.4, -0.2) is 24.8 Å². The van der Waals surface area contributed by atoms with Gasteiger partial charge >= 0.3 is 0 Å². The fraction of sp³-hybridized carbons (Fsp3) is 0.875. The van der Waals surface area contributed by atoms with Crippen LogP contribution >= 0.6 is 0 Å². The number of rotatable bonds is 1. The summed E-state index contributed by atoms with van der Waals surface area (Å²) in [7, 11) is 0. The summed E-state index contributed by atoms with van der Waals surface area (Å²) < 4.78 is 6.44. The van der Waals surface area contributed by atoms with E-state index in [2.05, 4.69) is 11.4 Å². The molecule has 2 nitrogen and oxygen atoms in total. The molecule has 1 atom stereocenters. The van der Waals surface area contributed by atoms with Crippen LogP contribution in [0, 0.1) is 0 Å². The van der Waals surface area contributed by atoms with Crippen molar-refractivity contribution in [3.05, 3.63) is 11.6 Å². The first-order valence-corrected chi connectivity index (χ1v) is 7.94. The molecule has 3 aliphatic rings. The van der Waals surface area contributed by atoms with Gasteiger partial charge in [0, 0.05) is 0 Å². The monoisotopic (exact) mass is 249 g/mol. The molecule has 0 amide bonds. The van der Waals surface area contributed by atoms with E-state index in [1.807, 2.05) is 0 Å². The summed E-state index contributed by atoms with van der Waals surface area (Å²) in [5.41, 5.74) is 1.92. The SMILES string of the molecule is C(=C1\CCCNCC1)/C1CCC2(CCCCC2)O1. The molecular formula is C16H27NO. The van der Waals surface area contributed by atoms with Crippen LogP contribution in [0.4, 0.5) is 0 Å². The lowest BCUT2D eigenvalue weighted by atomic mass is 9.83. The molecule has 18 heavy (non-hydrogen) atoms. The summed E-state index contributed by atoms with van der Waals surface area (Å²) in [6.07, 6.45) is 16.1. The van der Waals surface area contributed by atoms with E-state index in [-0.39, 0.29) is 5.60 Å². The molecule has 102 valence electrons. The third-order valence-corrected chi connectivity index (χ3v) is 4.95. The Morgan fingerprint density at radius 3 is 2.78 bits per heavy atom. The average Bonchev–Trinajstić information content (AvgIpc) is 2.62. The zero-order valence-electron chi connectivity index (χ0n) is 11.5. The van der Waals surface area contributed by atoms with E-state index < -0.39 is 0 Å². The van der Waals surface area contributed by atoms with Gasteiger partial charge in [0.15, 0.2) is 0 Å². The molecule has 2 saturated heterocycles. The van der Waals surface area contributed by atoms with E-state index in [0.29, 0.717) is 6.10 Å². The lowest BCUT2D eigenvalue weighted by Gasteiger charge is -2.33. The first kappa shape index (κ1) is 12.7. The van der Waals surface area contributed by atoms with Gasteiger partial charge in [0.25, 0.3) is 0 Å².